The minimum absolute atomic E-state index is 0. The van der Waals surface area contributed by atoms with Crippen LogP contribution in [0.2, 0.25) is 0 Å². The molecule has 1 aromatic carbocycles. The Morgan fingerprint density at radius 3 is 2.29 bits per heavy atom. The van der Waals surface area contributed by atoms with Crippen LogP contribution in [0.1, 0.15) is 5.56 Å². The van der Waals surface area contributed by atoms with Gasteiger partial charge in [0.05, 0.1) is 0 Å². The van der Waals surface area contributed by atoms with Gasteiger partial charge in [-0.15, -0.1) is 12.4 Å². The molecule has 3 heteroatoms. The first-order valence-electron chi connectivity index (χ1n) is 4.33. The first kappa shape index (κ1) is 10.8. The molecule has 74 valence electrons. The highest BCUT2D eigenvalue weighted by Gasteiger charge is 1.99. The maximum atomic E-state index is 5.64. The molecular formula is C11H13ClN2. The van der Waals surface area contributed by atoms with Crippen molar-refractivity contribution in [1.82, 2.24) is 4.57 Å². The number of aromatic nitrogens is 1. The summed E-state index contributed by atoms with van der Waals surface area (Å²) in [6.07, 6.45) is 4.04. The summed E-state index contributed by atoms with van der Waals surface area (Å²) in [6, 6.07) is 12.2. The van der Waals surface area contributed by atoms with Gasteiger partial charge >= 0.3 is 0 Å². The van der Waals surface area contributed by atoms with Crippen LogP contribution in [-0.4, -0.2) is 4.57 Å². The Hall–Kier alpha value is -1.25. The van der Waals surface area contributed by atoms with Gasteiger partial charge in [0, 0.05) is 24.6 Å². The van der Waals surface area contributed by atoms with Gasteiger partial charge in [-0.3, -0.25) is 0 Å². The van der Waals surface area contributed by atoms with Gasteiger partial charge in [0.2, 0.25) is 0 Å². The Morgan fingerprint density at radius 1 is 1.00 bits per heavy atom. The van der Waals surface area contributed by atoms with Gasteiger partial charge in [0.15, 0.2) is 0 Å². The lowest BCUT2D eigenvalue weighted by atomic mass is 10.2. The zero-order valence-corrected chi connectivity index (χ0v) is 8.58. The second kappa shape index (κ2) is 4.84. The molecule has 1 heterocycles. The molecule has 0 bridgehead atoms. The predicted molar refractivity (Wildman–Crippen MR) is 60.9 cm³/mol. The average Bonchev–Trinajstić information content (AvgIpc) is 2.70. The molecule has 0 saturated carbocycles. The van der Waals surface area contributed by atoms with Gasteiger partial charge in [0.1, 0.15) is 0 Å². The summed E-state index contributed by atoms with van der Waals surface area (Å²) in [5.41, 5.74) is 7.97. The van der Waals surface area contributed by atoms with Gasteiger partial charge in [-0.05, 0) is 23.8 Å². The number of hydrogen-bond donors (Lipinski definition) is 1. The van der Waals surface area contributed by atoms with Crippen molar-refractivity contribution >= 4 is 12.4 Å². The molecule has 0 atom stereocenters. The van der Waals surface area contributed by atoms with E-state index in [1.165, 1.54) is 5.56 Å². The molecule has 0 spiro atoms. The minimum Gasteiger partial charge on any atom is -0.326 e. The number of para-hydroxylation sites is 1. The summed E-state index contributed by atoms with van der Waals surface area (Å²) in [4.78, 5) is 0. The monoisotopic (exact) mass is 208 g/mol. The molecule has 2 rings (SSSR count). The van der Waals surface area contributed by atoms with Crippen molar-refractivity contribution in [3.63, 3.8) is 0 Å². The molecule has 2 aromatic rings. The van der Waals surface area contributed by atoms with Gasteiger partial charge in [0.25, 0.3) is 0 Å². The first-order chi connectivity index (χ1) is 6.42. The van der Waals surface area contributed by atoms with Crippen molar-refractivity contribution in [2.24, 2.45) is 5.73 Å². The fourth-order valence-corrected chi connectivity index (χ4v) is 1.43. The van der Waals surface area contributed by atoms with Crippen LogP contribution in [0.3, 0.4) is 0 Å². The van der Waals surface area contributed by atoms with Gasteiger partial charge in [-0.25, -0.2) is 0 Å². The van der Waals surface area contributed by atoms with E-state index in [1.807, 2.05) is 36.7 Å². The van der Waals surface area contributed by atoms with E-state index in [0.29, 0.717) is 6.54 Å². The van der Waals surface area contributed by atoms with Crippen LogP contribution in [0.25, 0.3) is 5.69 Å². The summed E-state index contributed by atoms with van der Waals surface area (Å²) < 4.78 is 2.07. The highest BCUT2D eigenvalue weighted by atomic mass is 35.5. The lowest BCUT2D eigenvalue weighted by molar-refractivity contribution is 0.992. The topological polar surface area (TPSA) is 30.9 Å². The molecule has 14 heavy (non-hydrogen) atoms. The van der Waals surface area contributed by atoms with Crippen molar-refractivity contribution in [2.45, 2.75) is 6.54 Å². The number of hydrogen-bond acceptors (Lipinski definition) is 1. The van der Waals surface area contributed by atoms with E-state index < -0.39 is 0 Å². The molecule has 1 aromatic heterocycles. The lowest BCUT2D eigenvalue weighted by Crippen LogP contribution is -2.02. The molecule has 0 aliphatic heterocycles. The van der Waals surface area contributed by atoms with Crippen LogP contribution in [0.5, 0.6) is 0 Å². The van der Waals surface area contributed by atoms with Gasteiger partial charge in [-0.2, -0.15) is 0 Å². The zero-order valence-electron chi connectivity index (χ0n) is 7.76. The second-order valence-electron chi connectivity index (χ2n) is 2.92. The molecule has 0 fully saturated rings. The van der Waals surface area contributed by atoms with Gasteiger partial charge in [-0.1, -0.05) is 18.2 Å². The van der Waals surface area contributed by atoms with E-state index in [9.17, 15) is 0 Å². The third kappa shape index (κ3) is 1.97. The van der Waals surface area contributed by atoms with E-state index in [-0.39, 0.29) is 12.4 Å². The molecule has 0 radical (unpaired) electrons. The average molecular weight is 209 g/mol. The second-order valence-corrected chi connectivity index (χ2v) is 2.92. The van der Waals surface area contributed by atoms with Crippen LogP contribution in [0.4, 0.5) is 0 Å². The van der Waals surface area contributed by atoms with Crippen LogP contribution < -0.4 is 5.73 Å². The fourth-order valence-electron chi connectivity index (χ4n) is 1.43. The van der Waals surface area contributed by atoms with E-state index in [0.717, 1.165) is 5.69 Å². The van der Waals surface area contributed by atoms with E-state index in [2.05, 4.69) is 16.7 Å². The Balaban J connectivity index is 0.000000980. The van der Waals surface area contributed by atoms with E-state index >= 15 is 0 Å². The Morgan fingerprint density at radius 2 is 1.64 bits per heavy atom. The lowest BCUT2D eigenvalue weighted by Gasteiger charge is -2.07. The van der Waals surface area contributed by atoms with E-state index in [1.54, 1.807) is 0 Å². The Kier molecular flexibility index (Phi) is 3.74. The standard InChI is InChI=1S/C11H12N2.ClH/c12-9-10-5-1-2-6-11(10)13-7-3-4-8-13;/h1-8H,9,12H2;1H. The molecule has 0 amide bonds. The highest BCUT2D eigenvalue weighted by molar-refractivity contribution is 5.85. The SMILES string of the molecule is Cl.NCc1ccccc1-n1cccc1. The van der Waals surface area contributed by atoms with Gasteiger partial charge < -0.3 is 10.3 Å². The molecule has 0 aliphatic rings. The van der Waals surface area contributed by atoms with Crippen LogP contribution in [0, 0.1) is 0 Å². The van der Waals surface area contributed by atoms with Crippen LogP contribution in [-0.2, 0) is 6.54 Å². The van der Waals surface area contributed by atoms with Crippen molar-refractivity contribution in [3.05, 3.63) is 54.4 Å². The summed E-state index contributed by atoms with van der Waals surface area (Å²) >= 11 is 0. The predicted octanol–water partition coefficient (Wildman–Crippen LogP) is 2.36. The number of nitrogens with two attached hydrogens (primary N) is 1. The number of halogens is 1. The summed E-state index contributed by atoms with van der Waals surface area (Å²) in [7, 11) is 0. The maximum Gasteiger partial charge on any atom is 0.0494 e. The normalized spacial score (nSPS) is 9.50. The molecule has 0 aliphatic carbocycles. The molecule has 2 N–H and O–H groups in total. The number of rotatable bonds is 2. The maximum absolute atomic E-state index is 5.64. The van der Waals surface area contributed by atoms with Crippen molar-refractivity contribution < 1.29 is 0 Å². The Bertz CT molecular complexity index is 382. The Labute approximate surface area is 89.8 Å². The number of nitrogens with zero attached hydrogens (tertiary/aromatic N) is 1. The molecule has 0 saturated heterocycles. The summed E-state index contributed by atoms with van der Waals surface area (Å²) in [6.45, 7) is 0.578. The summed E-state index contributed by atoms with van der Waals surface area (Å²) in [5, 5.41) is 0. The smallest absolute Gasteiger partial charge is 0.0494 e. The first-order valence-corrected chi connectivity index (χ1v) is 4.33. The molecule has 2 nitrogen and oxygen atoms in total. The highest BCUT2D eigenvalue weighted by Crippen LogP contribution is 2.13. The van der Waals surface area contributed by atoms with E-state index in [4.69, 9.17) is 5.73 Å². The van der Waals surface area contributed by atoms with Crippen LogP contribution >= 0.6 is 12.4 Å². The molecule has 0 unspecified atom stereocenters. The summed E-state index contributed by atoms with van der Waals surface area (Å²) in [5.74, 6) is 0. The van der Waals surface area contributed by atoms with Crippen molar-refractivity contribution in [1.29, 1.82) is 0 Å². The fraction of sp³-hybridized carbons (Fsp3) is 0.0909. The third-order valence-corrected chi connectivity index (χ3v) is 2.09. The third-order valence-electron chi connectivity index (χ3n) is 2.09. The number of benzene rings is 1. The minimum atomic E-state index is 0. The zero-order chi connectivity index (χ0) is 9.10. The molecular weight excluding hydrogens is 196 g/mol. The largest absolute Gasteiger partial charge is 0.326 e. The van der Waals surface area contributed by atoms with Crippen molar-refractivity contribution in [2.75, 3.05) is 0 Å². The van der Waals surface area contributed by atoms with Crippen molar-refractivity contribution in [3.8, 4) is 5.69 Å². The quantitative estimate of drug-likeness (QED) is 0.807. The van der Waals surface area contributed by atoms with Crippen LogP contribution in [0.15, 0.2) is 48.8 Å².